The Morgan fingerprint density at radius 3 is 2.89 bits per heavy atom. The highest BCUT2D eigenvalue weighted by molar-refractivity contribution is 6.35. The van der Waals surface area contributed by atoms with Crippen LogP contribution in [0, 0.1) is 11.8 Å². The summed E-state index contributed by atoms with van der Waals surface area (Å²) in [6, 6.07) is 5.90. The molecule has 0 N–H and O–H groups in total. The summed E-state index contributed by atoms with van der Waals surface area (Å²) in [6.45, 7) is 3.32. The van der Waals surface area contributed by atoms with Gasteiger partial charge in [0.15, 0.2) is 0 Å². The summed E-state index contributed by atoms with van der Waals surface area (Å²) in [5, 5.41) is 0.786. The van der Waals surface area contributed by atoms with Crippen molar-refractivity contribution in [2.75, 3.05) is 5.88 Å². The number of benzene rings is 1. The van der Waals surface area contributed by atoms with Crippen LogP contribution in [-0.2, 0) is 13.0 Å². The first-order valence-electron chi connectivity index (χ1n) is 6.40. The molecule has 0 amide bonds. The lowest BCUT2D eigenvalue weighted by atomic mass is 10.3. The van der Waals surface area contributed by atoms with Crippen molar-refractivity contribution in [3.8, 4) is 0 Å². The summed E-state index contributed by atoms with van der Waals surface area (Å²) in [6.07, 6.45) is 2.11. The van der Waals surface area contributed by atoms with E-state index in [-0.39, 0.29) is 0 Å². The minimum absolute atomic E-state index is 0.598. The predicted octanol–water partition coefficient (Wildman–Crippen LogP) is 4.13. The van der Waals surface area contributed by atoms with Crippen LogP contribution in [0.3, 0.4) is 0 Å². The SMILES string of the molecule is CC1CC1Cn1c(CCCl)nc2cccc(Cl)c21. The van der Waals surface area contributed by atoms with E-state index in [1.165, 1.54) is 6.42 Å². The van der Waals surface area contributed by atoms with Gasteiger partial charge in [-0.3, -0.25) is 0 Å². The fourth-order valence-corrected chi connectivity index (χ4v) is 2.99. The first kappa shape index (κ1) is 12.3. The van der Waals surface area contributed by atoms with Gasteiger partial charge in [0, 0.05) is 18.8 Å². The van der Waals surface area contributed by atoms with E-state index in [1.54, 1.807) is 0 Å². The molecule has 0 saturated heterocycles. The molecule has 1 aliphatic rings. The third kappa shape index (κ3) is 2.12. The average Bonchev–Trinajstić information content (AvgIpc) is 2.90. The molecule has 1 aromatic carbocycles. The number of rotatable bonds is 4. The number of nitrogens with zero attached hydrogens (tertiary/aromatic N) is 2. The third-order valence-corrected chi connectivity index (χ3v) is 4.30. The number of fused-ring (bicyclic) bond motifs is 1. The highest BCUT2D eigenvalue weighted by atomic mass is 35.5. The van der Waals surface area contributed by atoms with Gasteiger partial charge < -0.3 is 4.57 Å². The Hall–Kier alpha value is -0.730. The Kier molecular flexibility index (Phi) is 3.25. The number of hydrogen-bond acceptors (Lipinski definition) is 1. The summed E-state index contributed by atoms with van der Waals surface area (Å²) in [5.74, 6) is 3.26. The van der Waals surface area contributed by atoms with E-state index in [4.69, 9.17) is 23.2 Å². The smallest absolute Gasteiger partial charge is 0.111 e. The molecular weight excluding hydrogens is 267 g/mol. The van der Waals surface area contributed by atoms with E-state index in [1.807, 2.05) is 18.2 Å². The van der Waals surface area contributed by atoms with Crippen molar-refractivity contribution in [2.24, 2.45) is 11.8 Å². The zero-order chi connectivity index (χ0) is 12.7. The highest BCUT2D eigenvalue weighted by Gasteiger charge is 2.33. The van der Waals surface area contributed by atoms with Gasteiger partial charge in [0.2, 0.25) is 0 Å². The molecule has 1 fully saturated rings. The molecule has 3 rings (SSSR count). The van der Waals surface area contributed by atoms with Crippen LogP contribution in [0.4, 0.5) is 0 Å². The lowest BCUT2D eigenvalue weighted by Crippen LogP contribution is -2.07. The predicted molar refractivity (Wildman–Crippen MR) is 76.4 cm³/mol. The molecule has 96 valence electrons. The molecule has 0 spiro atoms. The normalized spacial score (nSPS) is 22.6. The van der Waals surface area contributed by atoms with Gasteiger partial charge in [0.05, 0.1) is 16.1 Å². The Balaban J connectivity index is 2.08. The summed E-state index contributed by atoms with van der Waals surface area (Å²) in [4.78, 5) is 4.66. The number of aromatic nitrogens is 2. The number of halogens is 2. The molecule has 2 aromatic rings. The second kappa shape index (κ2) is 4.75. The average molecular weight is 283 g/mol. The molecule has 4 heteroatoms. The minimum atomic E-state index is 0.598. The second-order valence-corrected chi connectivity index (χ2v) is 5.94. The Morgan fingerprint density at radius 1 is 1.44 bits per heavy atom. The van der Waals surface area contributed by atoms with Crippen LogP contribution in [0.15, 0.2) is 18.2 Å². The molecular formula is C14H16Cl2N2. The van der Waals surface area contributed by atoms with E-state index in [9.17, 15) is 0 Å². The molecule has 2 nitrogen and oxygen atoms in total. The van der Waals surface area contributed by atoms with Gasteiger partial charge in [-0.1, -0.05) is 24.6 Å². The minimum Gasteiger partial charge on any atom is -0.326 e. The lowest BCUT2D eigenvalue weighted by Gasteiger charge is -2.08. The van der Waals surface area contributed by atoms with E-state index >= 15 is 0 Å². The van der Waals surface area contributed by atoms with E-state index in [0.717, 1.165) is 46.7 Å². The summed E-state index contributed by atoms with van der Waals surface area (Å²) < 4.78 is 2.27. The highest BCUT2D eigenvalue weighted by Crippen LogP contribution is 2.40. The monoisotopic (exact) mass is 282 g/mol. The molecule has 0 aliphatic heterocycles. The quantitative estimate of drug-likeness (QED) is 0.771. The maximum Gasteiger partial charge on any atom is 0.111 e. The van der Waals surface area contributed by atoms with Gasteiger partial charge in [-0.05, 0) is 30.4 Å². The van der Waals surface area contributed by atoms with Crippen LogP contribution >= 0.6 is 23.2 Å². The Morgan fingerprint density at radius 2 is 2.22 bits per heavy atom. The molecule has 18 heavy (non-hydrogen) atoms. The fourth-order valence-electron chi connectivity index (χ4n) is 2.55. The summed E-state index contributed by atoms with van der Waals surface area (Å²) in [5.41, 5.74) is 2.05. The van der Waals surface area contributed by atoms with Crippen molar-refractivity contribution >= 4 is 34.2 Å². The number of hydrogen-bond donors (Lipinski definition) is 0. The molecule has 0 bridgehead atoms. The molecule has 1 heterocycles. The van der Waals surface area contributed by atoms with Gasteiger partial charge in [-0.25, -0.2) is 4.98 Å². The Bertz CT molecular complexity index is 576. The topological polar surface area (TPSA) is 17.8 Å². The van der Waals surface area contributed by atoms with Crippen LogP contribution in [-0.4, -0.2) is 15.4 Å². The van der Waals surface area contributed by atoms with Crippen molar-refractivity contribution in [1.29, 1.82) is 0 Å². The number of alkyl halides is 1. The van der Waals surface area contributed by atoms with Crippen molar-refractivity contribution < 1.29 is 0 Å². The van der Waals surface area contributed by atoms with Gasteiger partial charge in [0.25, 0.3) is 0 Å². The van der Waals surface area contributed by atoms with E-state index in [2.05, 4.69) is 16.5 Å². The molecule has 2 unspecified atom stereocenters. The maximum atomic E-state index is 6.32. The molecule has 0 radical (unpaired) electrons. The van der Waals surface area contributed by atoms with Crippen molar-refractivity contribution in [3.05, 3.63) is 29.0 Å². The first-order chi connectivity index (χ1) is 8.70. The van der Waals surface area contributed by atoms with Crippen LogP contribution in [0.2, 0.25) is 5.02 Å². The lowest BCUT2D eigenvalue weighted by molar-refractivity contribution is 0.585. The van der Waals surface area contributed by atoms with Crippen LogP contribution < -0.4 is 0 Å². The first-order valence-corrected chi connectivity index (χ1v) is 7.31. The van der Waals surface area contributed by atoms with E-state index < -0.39 is 0 Å². The second-order valence-electron chi connectivity index (χ2n) is 5.16. The third-order valence-electron chi connectivity index (χ3n) is 3.81. The van der Waals surface area contributed by atoms with Crippen LogP contribution in [0.5, 0.6) is 0 Å². The van der Waals surface area contributed by atoms with E-state index in [0.29, 0.717) is 5.88 Å². The molecule has 1 aromatic heterocycles. The van der Waals surface area contributed by atoms with Crippen LogP contribution in [0.25, 0.3) is 11.0 Å². The van der Waals surface area contributed by atoms with Gasteiger partial charge in [-0.15, -0.1) is 11.6 Å². The summed E-state index contributed by atoms with van der Waals surface area (Å²) >= 11 is 12.2. The van der Waals surface area contributed by atoms with Crippen molar-refractivity contribution in [1.82, 2.24) is 9.55 Å². The van der Waals surface area contributed by atoms with Crippen molar-refractivity contribution in [2.45, 2.75) is 26.3 Å². The number of imidazole rings is 1. The largest absolute Gasteiger partial charge is 0.326 e. The zero-order valence-corrected chi connectivity index (χ0v) is 11.9. The molecule has 1 aliphatic carbocycles. The van der Waals surface area contributed by atoms with Crippen LogP contribution in [0.1, 0.15) is 19.2 Å². The van der Waals surface area contributed by atoms with Gasteiger partial charge in [-0.2, -0.15) is 0 Å². The standard InChI is InChI=1S/C14H16Cl2N2/c1-9-7-10(9)8-18-13(5-6-15)17-12-4-2-3-11(16)14(12)18/h2-4,9-10H,5-8H2,1H3. The molecule has 1 saturated carbocycles. The zero-order valence-electron chi connectivity index (χ0n) is 10.4. The maximum absolute atomic E-state index is 6.32. The number of aryl methyl sites for hydroxylation is 1. The number of para-hydroxylation sites is 1. The Labute approximate surface area is 117 Å². The van der Waals surface area contributed by atoms with Gasteiger partial charge in [0.1, 0.15) is 5.82 Å². The van der Waals surface area contributed by atoms with Crippen molar-refractivity contribution in [3.63, 3.8) is 0 Å². The molecule has 2 atom stereocenters. The van der Waals surface area contributed by atoms with Gasteiger partial charge >= 0.3 is 0 Å². The summed E-state index contributed by atoms with van der Waals surface area (Å²) in [7, 11) is 0. The fraction of sp³-hybridized carbons (Fsp3) is 0.500.